The second-order valence-electron chi connectivity index (χ2n) is 6.43. The highest BCUT2D eigenvalue weighted by atomic mass is 16.4. The smallest absolute Gasteiger partial charge is 0.308 e. The van der Waals surface area contributed by atoms with Gasteiger partial charge >= 0.3 is 5.97 Å². The van der Waals surface area contributed by atoms with Gasteiger partial charge in [-0.2, -0.15) is 0 Å². The molecule has 1 aromatic heterocycles. The van der Waals surface area contributed by atoms with E-state index in [1.54, 1.807) is 17.3 Å². The van der Waals surface area contributed by atoms with Crippen LogP contribution in [-0.2, 0) is 9.59 Å². The Balaban J connectivity index is 1.55. The van der Waals surface area contributed by atoms with Crippen LogP contribution >= 0.6 is 0 Å². The van der Waals surface area contributed by atoms with Crippen molar-refractivity contribution in [1.82, 2.24) is 9.88 Å². The van der Waals surface area contributed by atoms with Crippen molar-refractivity contribution in [3.8, 4) is 0 Å². The van der Waals surface area contributed by atoms with Crippen LogP contribution < -0.4 is 4.90 Å². The van der Waals surface area contributed by atoms with E-state index in [1.807, 2.05) is 12.1 Å². The van der Waals surface area contributed by atoms with E-state index < -0.39 is 11.9 Å². The minimum atomic E-state index is -0.782. The average Bonchev–Trinajstić information content (AvgIpc) is 2.62. The fourth-order valence-corrected chi connectivity index (χ4v) is 3.58. The van der Waals surface area contributed by atoms with Gasteiger partial charge in [0.05, 0.1) is 5.92 Å². The lowest BCUT2D eigenvalue weighted by molar-refractivity contribution is -0.147. The van der Waals surface area contributed by atoms with Crippen LogP contribution in [0.4, 0.5) is 5.69 Å². The number of aliphatic carboxylic acids is 1. The molecule has 1 atom stereocenters. The molecule has 0 aromatic carbocycles. The van der Waals surface area contributed by atoms with Crippen molar-refractivity contribution in [2.45, 2.75) is 25.7 Å². The number of carbonyl (C=O) groups excluding carboxylic acids is 1. The lowest BCUT2D eigenvalue weighted by Crippen LogP contribution is -2.47. The molecule has 2 aliphatic heterocycles. The number of likely N-dealkylation sites (tertiary alicyclic amines) is 1. The standard InChI is InChI=1S/C17H23N3O3/c21-16(20-9-1-2-14(12-20)17(22)23)13-5-10-19(11-6-13)15-3-7-18-8-4-15/h3-4,7-8,13-14H,1-2,5-6,9-12H2,(H,22,23). The van der Waals surface area contributed by atoms with Crippen LogP contribution in [0, 0.1) is 11.8 Å². The monoisotopic (exact) mass is 317 g/mol. The molecular formula is C17H23N3O3. The van der Waals surface area contributed by atoms with E-state index >= 15 is 0 Å². The van der Waals surface area contributed by atoms with E-state index in [2.05, 4.69) is 9.88 Å². The summed E-state index contributed by atoms with van der Waals surface area (Å²) in [6, 6.07) is 3.98. The van der Waals surface area contributed by atoms with Crippen LogP contribution in [0.15, 0.2) is 24.5 Å². The molecule has 1 N–H and O–H groups in total. The second kappa shape index (κ2) is 6.98. The van der Waals surface area contributed by atoms with Gasteiger partial charge in [0, 0.05) is 50.2 Å². The summed E-state index contributed by atoms with van der Waals surface area (Å²) >= 11 is 0. The average molecular weight is 317 g/mol. The molecule has 1 amide bonds. The van der Waals surface area contributed by atoms with E-state index in [0.29, 0.717) is 19.5 Å². The van der Waals surface area contributed by atoms with Gasteiger partial charge in [-0.05, 0) is 37.8 Å². The van der Waals surface area contributed by atoms with Crippen LogP contribution in [0.1, 0.15) is 25.7 Å². The zero-order valence-electron chi connectivity index (χ0n) is 13.2. The summed E-state index contributed by atoms with van der Waals surface area (Å²) in [6.45, 7) is 2.79. The molecule has 2 aliphatic rings. The van der Waals surface area contributed by atoms with Crippen LogP contribution in [0.5, 0.6) is 0 Å². The Kier molecular flexibility index (Phi) is 4.79. The lowest BCUT2D eigenvalue weighted by Gasteiger charge is -2.37. The summed E-state index contributed by atoms with van der Waals surface area (Å²) in [7, 11) is 0. The molecule has 2 fully saturated rings. The van der Waals surface area contributed by atoms with E-state index in [9.17, 15) is 9.59 Å². The Bertz CT molecular complexity index is 555. The molecule has 6 heteroatoms. The number of hydrogen-bond donors (Lipinski definition) is 1. The number of nitrogens with zero attached hydrogens (tertiary/aromatic N) is 3. The molecule has 6 nitrogen and oxygen atoms in total. The van der Waals surface area contributed by atoms with Gasteiger partial charge in [0.2, 0.25) is 5.91 Å². The molecule has 0 saturated carbocycles. The predicted octanol–water partition coefficient (Wildman–Crippen LogP) is 1.62. The molecule has 0 spiro atoms. The first-order chi connectivity index (χ1) is 11.1. The van der Waals surface area contributed by atoms with Crippen LogP contribution in [0.25, 0.3) is 0 Å². The van der Waals surface area contributed by atoms with Crippen molar-refractivity contribution in [2.75, 3.05) is 31.1 Å². The third kappa shape index (κ3) is 3.63. The summed E-state index contributed by atoms with van der Waals surface area (Å²) in [5, 5.41) is 9.16. The largest absolute Gasteiger partial charge is 0.481 e. The Morgan fingerprint density at radius 1 is 1.04 bits per heavy atom. The van der Waals surface area contributed by atoms with E-state index in [1.165, 1.54) is 0 Å². The summed E-state index contributed by atoms with van der Waals surface area (Å²) in [5.41, 5.74) is 1.15. The van der Waals surface area contributed by atoms with Crippen molar-refractivity contribution in [3.63, 3.8) is 0 Å². The SMILES string of the molecule is O=C(O)C1CCCN(C(=O)C2CCN(c3ccncc3)CC2)C1. The van der Waals surface area contributed by atoms with E-state index in [-0.39, 0.29) is 11.8 Å². The van der Waals surface area contributed by atoms with Gasteiger partial charge in [-0.15, -0.1) is 0 Å². The maximum atomic E-state index is 12.7. The number of aromatic nitrogens is 1. The van der Waals surface area contributed by atoms with E-state index in [4.69, 9.17) is 5.11 Å². The van der Waals surface area contributed by atoms with Crippen molar-refractivity contribution < 1.29 is 14.7 Å². The second-order valence-corrected chi connectivity index (χ2v) is 6.43. The topological polar surface area (TPSA) is 73.7 Å². The van der Waals surface area contributed by atoms with Gasteiger partial charge in [-0.3, -0.25) is 14.6 Å². The molecule has 3 rings (SSSR count). The minimum absolute atomic E-state index is 0.0284. The maximum Gasteiger partial charge on any atom is 0.308 e. The highest BCUT2D eigenvalue weighted by Crippen LogP contribution is 2.26. The van der Waals surface area contributed by atoms with Crippen LogP contribution in [0.3, 0.4) is 0 Å². The number of carbonyl (C=O) groups is 2. The predicted molar refractivity (Wildman–Crippen MR) is 86.1 cm³/mol. The van der Waals surface area contributed by atoms with Crippen molar-refractivity contribution in [2.24, 2.45) is 11.8 Å². The quantitative estimate of drug-likeness (QED) is 0.917. The minimum Gasteiger partial charge on any atom is -0.481 e. The Morgan fingerprint density at radius 3 is 2.39 bits per heavy atom. The molecule has 2 saturated heterocycles. The molecule has 1 unspecified atom stereocenters. The van der Waals surface area contributed by atoms with Gasteiger partial charge in [-0.1, -0.05) is 0 Å². The number of piperidine rings is 2. The summed E-state index contributed by atoms with van der Waals surface area (Å²) in [5.74, 6) is -1.01. The molecule has 124 valence electrons. The zero-order chi connectivity index (χ0) is 16.2. The van der Waals surface area contributed by atoms with Crippen molar-refractivity contribution in [3.05, 3.63) is 24.5 Å². The normalized spacial score (nSPS) is 22.9. The Morgan fingerprint density at radius 2 is 1.74 bits per heavy atom. The zero-order valence-corrected chi connectivity index (χ0v) is 13.2. The number of carboxylic acid groups (broad SMARTS) is 1. The first-order valence-electron chi connectivity index (χ1n) is 8.31. The highest BCUT2D eigenvalue weighted by molar-refractivity contribution is 5.80. The summed E-state index contributed by atoms with van der Waals surface area (Å²) < 4.78 is 0. The van der Waals surface area contributed by atoms with Crippen molar-refractivity contribution in [1.29, 1.82) is 0 Å². The molecule has 0 bridgehead atoms. The molecule has 0 aliphatic carbocycles. The van der Waals surface area contributed by atoms with Gasteiger partial charge in [-0.25, -0.2) is 0 Å². The van der Waals surface area contributed by atoms with Gasteiger partial charge in [0.25, 0.3) is 0 Å². The number of hydrogen-bond acceptors (Lipinski definition) is 4. The van der Waals surface area contributed by atoms with E-state index in [0.717, 1.165) is 38.0 Å². The number of rotatable bonds is 3. The molecule has 1 aromatic rings. The summed E-state index contributed by atoms with van der Waals surface area (Å²) in [4.78, 5) is 31.9. The molecule has 3 heterocycles. The number of amides is 1. The molecular weight excluding hydrogens is 294 g/mol. The van der Waals surface area contributed by atoms with Crippen LogP contribution in [0.2, 0.25) is 0 Å². The number of anilines is 1. The first-order valence-corrected chi connectivity index (χ1v) is 8.31. The highest BCUT2D eigenvalue weighted by Gasteiger charge is 2.33. The fourth-order valence-electron chi connectivity index (χ4n) is 3.58. The van der Waals surface area contributed by atoms with Gasteiger partial charge in [0.15, 0.2) is 0 Å². The third-order valence-electron chi connectivity index (χ3n) is 4.95. The summed E-state index contributed by atoms with van der Waals surface area (Å²) in [6.07, 6.45) is 6.70. The fraction of sp³-hybridized carbons (Fsp3) is 0.588. The number of pyridine rings is 1. The lowest BCUT2D eigenvalue weighted by atomic mass is 9.92. The molecule has 0 radical (unpaired) electrons. The van der Waals surface area contributed by atoms with Crippen LogP contribution in [-0.4, -0.2) is 53.0 Å². The van der Waals surface area contributed by atoms with Crippen molar-refractivity contribution >= 4 is 17.6 Å². The molecule has 23 heavy (non-hydrogen) atoms. The Labute approximate surface area is 136 Å². The maximum absolute atomic E-state index is 12.7. The Hall–Kier alpha value is -2.11. The van der Waals surface area contributed by atoms with Gasteiger partial charge in [0.1, 0.15) is 0 Å². The first kappa shape index (κ1) is 15.8. The number of carboxylic acids is 1. The van der Waals surface area contributed by atoms with Gasteiger partial charge < -0.3 is 14.9 Å². The third-order valence-corrected chi connectivity index (χ3v) is 4.95.